The first-order valence-electron chi connectivity index (χ1n) is 9.17. The number of carbonyl (C=O) groups is 1. The Morgan fingerprint density at radius 1 is 1.19 bits per heavy atom. The van der Waals surface area contributed by atoms with Crippen molar-refractivity contribution in [3.63, 3.8) is 0 Å². The first-order chi connectivity index (χ1) is 13.3. The third-order valence-corrected chi connectivity index (χ3v) is 5.17. The van der Waals surface area contributed by atoms with Crippen LogP contribution in [0.4, 0.5) is 5.69 Å². The van der Waals surface area contributed by atoms with Crippen LogP contribution in [0.1, 0.15) is 19.0 Å². The predicted octanol–water partition coefficient (Wildman–Crippen LogP) is 3.78. The molecule has 2 aromatic heterocycles. The van der Waals surface area contributed by atoms with Crippen LogP contribution in [0.5, 0.6) is 0 Å². The molecule has 0 aliphatic carbocycles. The number of anilines is 1. The maximum Gasteiger partial charge on any atom is 0.226 e. The van der Waals surface area contributed by atoms with Gasteiger partial charge in [0.15, 0.2) is 0 Å². The lowest BCUT2D eigenvalue weighted by Gasteiger charge is -2.23. The van der Waals surface area contributed by atoms with E-state index >= 15 is 0 Å². The van der Waals surface area contributed by atoms with Crippen LogP contribution in [0.2, 0.25) is 0 Å². The van der Waals surface area contributed by atoms with Gasteiger partial charge in [0, 0.05) is 48.7 Å². The number of rotatable bonds is 9. The number of benzene rings is 1. The molecule has 6 heteroatoms. The fraction of sp³-hybridized carbons (Fsp3) is 0.286. The van der Waals surface area contributed by atoms with E-state index in [4.69, 9.17) is 0 Å². The third kappa shape index (κ3) is 5.62. The van der Waals surface area contributed by atoms with Gasteiger partial charge in [0.25, 0.3) is 0 Å². The summed E-state index contributed by atoms with van der Waals surface area (Å²) in [5, 5.41) is 5.83. The van der Waals surface area contributed by atoms with Crippen LogP contribution >= 0.6 is 11.3 Å². The van der Waals surface area contributed by atoms with Crippen LogP contribution in [-0.2, 0) is 11.2 Å². The Hall–Kier alpha value is -2.73. The molecule has 0 atom stereocenters. The second kappa shape index (κ2) is 9.83. The molecule has 0 saturated heterocycles. The summed E-state index contributed by atoms with van der Waals surface area (Å²) in [6.45, 7) is 4.69. The number of nitrogens with zero attached hydrogens (tertiary/aromatic N) is 3. The highest BCUT2D eigenvalue weighted by Gasteiger charge is 2.09. The zero-order chi connectivity index (χ0) is 18.9. The molecule has 140 valence electrons. The molecule has 0 fully saturated rings. The number of hydrogen-bond acceptors (Lipinski definition) is 5. The Labute approximate surface area is 164 Å². The number of para-hydroxylation sites is 1. The molecular formula is C21H24N4OS. The molecule has 3 rings (SSSR count). The van der Waals surface area contributed by atoms with Gasteiger partial charge in [-0.1, -0.05) is 18.2 Å². The summed E-state index contributed by atoms with van der Waals surface area (Å²) >= 11 is 1.54. The first-order valence-corrected chi connectivity index (χ1v) is 10.1. The molecule has 1 N–H and O–H groups in total. The van der Waals surface area contributed by atoms with Crippen molar-refractivity contribution in [1.82, 2.24) is 15.3 Å². The van der Waals surface area contributed by atoms with Gasteiger partial charge in [0.05, 0.1) is 12.1 Å². The van der Waals surface area contributed by atoms with E-state index < -0.39 is 0 Å². The average molecular weight is 381 g/mol. The number of nitrogens with one attached hydrogen (secondary N) is 1. The molecular weight excluding hydrogens is 356 g/mol. The van der Waals surface area contributed by atoms with Gasteiger partial charge < -0.3 is 10.2 Å². The molecule has 0 spiro atoms. The van der Waals surface area contributed by atoms with Gasteiger partial charge in [-0.15, -0.1) is 11.3 Å². The smallest absolute Gasteiger partial charge is 0.226 e. The minimum absolute atomic E-state index is 0.0146. The van der Waals surface area contributed by atoms with Crippen LogP contribution in [0.3, 0.4) is 0 Å². The maximum atomic E-state index is 12.2. The minimum Gasteiger partial charge on any atom is -0.372 e. The lowest BCUT2D eigenvalue weighted by molar-refractivity contribution is -0.120. The molecule has 0 unspecified atom stereocenters. The van der Waals surface area contributed by atoms with Crippen molar-refractivity contribution in [1.29, 1.82) is 0 Å². The Balaban J connectivity index is 1.42. The molecule has 0 aliphatic rings. The largest absolute Gasteiger partial charge is 0.372 e. The summed E-state index contributed by atoms with van der Waals surface area (Å²) in [6, 6.07) is 14.2. The van der Waals surface area contributed by atoms with Crippen molar-refractivity contribution in [2.45, 2.75) is 19.8 Å². The lowest BCUT2D eigenvalue weighted by Crippen LogP contribution is -2.30. The van der Waals surface area contributed by atoms with Crippen LogP contribution in [0, 0.1) is 0 Å². The molecule has 1 amide bonds. The molecule has 5 nitrogen and oxygen atoms in total. The monoisotopic (exact) mass is 380 g/mol. The average Bonchev–Trinajstić information content (AvgIpc) is 3.18. The van der Waals surface area contributed by atoms with E-state index in [1.807, 2.05) is 35.7 Å². The summed E-state index contributed by atoms with van der Waals surface area (Å²) in [7, 11) is 0. The third-order valence-electron chi connectivity index (χ3n) is 4.23. The van der Waals surface area contributed by atoms with Crippen molar-refractivity contribution in [2.75, 3.05) is 24.5 Å². The van der Waals surface area contributed by atoms with Gasteiger partial charge in [-0.3, -0.25) is 9.78 Å². The van der Waals surface area contributed by atoms with Crippen molar-refractivity contribution >= 4 is 22.9 Å². The van der Waals surface area contributed by atoms with Gasteiger partial charge >= 0.3 is 0 Å². The van der Waals surface area contributed by atoms with Crippen LogP contribution < -0.4 is 10.2 Å². The number of amides is 1. The zero-order valence-corrected chi connectivity index (χ0v) is 16.3. The summed E-state index contributed by atoms with van der Waals surface area (Å²) < 4.78 is 0. The van der Waals surface area contributed by atoms with Gasteiger partial charge in [-0.25, -0.2) is 4.98 Å². The molecule has 0 radical (unpaired) electrons. The van der Waals surface area contributed by atoms with Gasteiger partial charge in [0.2, 0.25) is 5.91 Å². The van der Waals surface area contributed by atoms with Gasteiger partial charge in [-0.2, -0.15) is 0 Å². The summed E-state index contributed by atoms with van der Waals surface area (Å²) in [5.41, 5.74) is 3.00. The number of aromatic nitrogens is 2. The SMILES string of the molecule is CCN(CCCNC(=O)Cc1csc(-c2cccnc2)n1)c1ccccc1. The second-order valence-corrected chi connectivity index (χ2v) is 7.04. The van der Waals surface area contributed by atoms with E-state index in [2.05, 4.69) is 39.2 Å². The highest BCUT2D eigenvalue weighted by Crippen LogP contribution is 2.22. The lowest BCUT2D eigenvalue weighted by atomic mass is 10.2. The Morgan fingerprint density at radius 3 is 2.78 bits per heavy atom. The summed E-state index contributed by atoms with van der Waals surface area (Å²) in [5.74, 6) is 0.0146. The van der Waals surface area contributed by atoms with Crippen LogP contribution in [0.15, 0.2) is 60.2 Å². The highest BCUT2D eigenvalue weighted by atomic mass is 32.1. The normalized spacial score (nSPS) is 10.6. The van der Waals surface area contributed by atoms with Crippen molar-refractivity contribution < 1.29 is 4.79 Å². The predicted molar refractivity (Wildman–Crippen MR) is 111 cm³/mol. The first kappa shape index (κ1) is 19.0. The fourth-order valence-electron chi connectivity index (χ4n) is 2.84. The molecule has 2 heterocycles. The van der Waals surface area contributed by atoms with E-state index in [1.165, 1.54) is 17.0 Å². The number of thiazole rings is 1. The number of pyridine rings is 1. The van der Waals surface area contributed by atoms with Crippen LogP contribution in [-0.4, -0.2) is 35.5 Å². The summed E-state index contributed by atoms with van der Waals surface area (Å²) in [6.07, 6.45) is 4.75. The van der Waals surface area contributed by atoms with Crippen molar-refractivity contribution in [3.8, 4) is 10.6 Å². The van der Waals surface area contributed by atoms with E-state index in [0.717, 1.165) is 35.8 Å². The van der Waals surface area contributed by atoms with Crippen LogP contribution in [0.25, 0.3) is 10.6 Å². The molecule has 0 aliphatic heterocycles. The van der Waals surface area contributed by atoms with E-state index in [1.54, 1.807) is 12.4 Å². The maximum absolute atomic E-state index is 12.2. The molecule has 1 aromatic carbocycles. The number of hydrogen-bond donors (Lipinski definition) is 1. The molecule has 0 saturated carbocycles. The zero-order valence-electron chi connectivity index (χ0n) is 15.5. The minimum atomic E-state index is 0.0146. The van der Waals surface area contributed by atoms with E-state index in [9.17, 15) is 4.79 Å². The van der Waals surface area contributed by atoms with Gasteiger partial charge in [0.1, 0.15) is 5.01 Å². The Bertz CT molecular complexity index is 836. The van der Waals surface area contributed by atoms with Crippen molar-refractivity contribution in [3.05, 3.63) is 65.9 Å². The van der Waals surface area contributed by atoms with E-state index in [-0.39, 0.29) is 5.91 Å². The quantitative estimate of drug-likeness (QED) is 0.574. The van der Waals surface area contributed by atoms with E-state index in [0.29, 0.717) is 13.0 Å². The fourth-order valence-corrected chi connectivity index (χ4v) is 3.65. The standard InChI is InChI=1S/C21H24N4OS/c1-2-25(19-9-4-3-5-10-19)13-7-12-23-20(26)14-18-16-27-21(24-18)17-8-6-11-22-15-17/h3-6,8-11,15-16H,2,7,12-14H2,1H3,(H,23,26). The second-order valence-electron chi connectivity index (χ2n) is 6.18. The molecule has 0 bridgehead atoms. The van der Waals surface area contributed by atoms with Gasteiger partial charge in [-0.05, 0) is 37.6 Å². The molecule has 27 heavy (non-hydrogen) atoms. The molecule has 3 aromatic rings. The van der Waals surface area contributed by atoms with Crippen molar-refractivity contribution in [2.24, 2.45) is 0 Å². The highest BCUT2D eigenvalue weighted by molar-refractivity contribution is 7.13. The number of carbonyl (C=O) groups excluding carboxylic acids is 1. The Kier molecular flexibility index (Phi) is 6.93. The Morgan fingerprint density at radius 2 is 2.04 bits per heavy atom. The summed E-state index contributed by atoms with van der Waals surface area (Å²) in [4.78, 5) is 23.1. The topological polar surface area (TPSA) is 58.1 Å².